The molecule has 126 valence electrons. The predicted octanol–water partition coefficient (Wildman–Crippen LogP) is 4.31. The Kier molecular flexibility index (Phi) is 7.95. The first-order valence-corrected chi connectivity index (χ1v) is 7.24. The van der Waals surface area contributed by atoms with Crippen molar-refractivity contribution in [3.8, 4) is 11.8 Å². The molecule has 0 amide bonds. The molecule has 0 saturated heterocycles. The van der Waals surface area contributed by atoms with Gasteiger partial charge in [0.2, 0.25) is 6.36 Å². The molecule has 0 aromatic heterocycles. The highest BCUT2D eigenvalue weighted by Gasteiger charge is 2.20. The lowest BCUT2D eigenvalue weighted by Crippen LogP contribution is -2.14. The van der Waals surface area contributed by atoms with Crippen molar-refractivity contribution in [1.29, 1.82) is 5.26 Å². The molecule has 0 spiro atoms. The Labute approximate surface area is 132 Å². The fourth-order valence-corrected chi connectivity index (χ4v) is 2.01. The molecule has 0 N–H and O–H groups in total. The molecule has 0 radical (unpaired) electrons. The Bertz CT molecular complexity index is 546. The second-order valence-electron chi connectivity index (χ2n) is 4.83. The summed E-state index contributed by atoms with van der Waals surface area (Å²) in [6, 6.07) is 7.82. The van der Waals surface area contributed by atoms with Crippen molar-refractivity contribution in [3.05, 3.63) is 29.8 Å². The smallest absolute Gasteiger partial charge is 0.387 e. The third-order valence-electron chi connectivity index (χ3n) is 3.08. The number of nitrogens with zero attached hydrogens (tertiary/aromatic N) is 1. The molecule has 0 aliphatic heterocycles. The van der Waals surface area contributed by atoms with Crippen LogP contribution in [0.1, 0.15) is 44.1 Å². The van der Waals surface area contributed by atoms with Crippen molar-refractivity contribution < 1.29 is 27.4 Å². The van der Waals surface area contributed by atoms with Gasteiger partial charge in [-0.15, -0.1) is 0 Å². The van der Waals surface area contributed by atoms with Gasteiger partial charge >= 0.3 is 12.6 Å². The van der Waals surface area contributed by atoms with Crippen molar-refractivity contribution in [1.82, 2.24) is 0 Å². The van der Waals surface area contributed by atoms with Crippen molar-refractivity contribution in [2.75, 3.05) is 0 Å². The van der Waals surface area contributed by atoms with Gasteiger partial charge in [0.1, 0.15) is 5.75 Å². The first-order valence-electron chi connectivity index (χ1n) is 7.24. The first-order chi connectivity index (χ1) is 11.0. The van der Waals surface area contributed by atoms with Crippen molar-refractivity contribution >= 4 is 5.97 Å². The molecule has 2 unspecified atom stereocenters. The van der Waals surface area contributed by atoms with E-state index >= 15 is 0 Å². The van der Waals surface area contributed by atoms with Crippen LogP contribution < -0.4 is 4.74 Å². The summed E-state index contributed by atoms with van der Waals surface area (Å²) in [4.78, 5) is 11.5. The fourth-order valence-electron chi connectivity index (χ4n) is 2.01. The summed E-state index contributed by atoms with van der Waals surface area (Å²) in [6.07, 6.45) is -1.18. The summed E-state index contributed by atoms with van der Waals surface area (Å²) >= 11 is 0. The number of hydrogen-bond donors (Lipinski definition) is 0. The van der Waals surface area contributed by atoms with Crippen LogP contribution in [0, 0.1) is 11.3 Å². The maximum absolute atomic E-state index is 13.2. The van der Waals surface area contributed by atoms with Crippen LogP contribution in [0.3, 0.4) is 0 Å². The monoisotopic (exact) mass is 329 g/mol. The van der Waals surface area contributed by atoms with Crippen LogP contribution in [0.15, 0.2) is 24.3 Å². The number of halogens is 3. The van der Waals surface area contributed by atoms with E-state index in [1.165, 1.54) is 18.2 Å². The number of hydrogen-bond acceptors (Lipinski definition) is 4. The van der Waals surface area contributed by atoms with Crippen molar-refractivity contribution in [2.45, 2.75) is 51.5 Å². The number of para-hydroxylation sites is 1. The minimum atomic E-state index is -3.01. The summed E-state index contributed by atoms with van der Waals surface area (Å²) in [5.74, 6) is -1.71. The van der Waals surface area contributed by atoms with Gasteiger partial charge in [0.15, 0.2) is 0 Å². The molecule has 0 saturated carbocycles. The first kappa shape index (κ1) is 18.8. The SMILES string of the molecule is CCCC(F)OC(=O)CCC(C#N)c1ccccc1OC(F)F. The molecule has 1 rings (SSSR count). The number of alkyl halides is 3. The lowest BCUT2D eigenvalue weighted by molar-refractivity contribution is -0.158. The van der Waals surface area contributed by atoms with E-state index in [0.29, 0.717) is 6.42 Å². The zero-order valence-corrected chi connectivity index (χ0v) is 12.7. The number of nitriles is 1. The molecule has 4 nitrogen and oxygen atoms in total. The van der Waals surface area contributed by atoms with E-state index in [1.54, 1.807) is 13.0 Å². The molecule has 7 heteroatoms. The third-order valence-corrected chi connectivity index (χ3v) is 3.08. The number of esters is 1. The van der Waals surface area contributed by atoms with E-state index in [-0.39, 0.29) is 30.6 Å². The lowest BCUT2D eigenvalue weighted by atomic mass is 9.95. The Morgan fingerprint density at radius 1 is 1.26 bits per heavy atom. The topological polar surface area (TPSA) is 59.3 Å². The summed E-state index contributed by atoms with van der Waals surface area (Å²) in [5.41, 5.74) is 0.258. The maximum atomic E-state index is 13.2. The van der Waals surface area contributed by atoms with Gasteiger partial charge in [-0.2, -0.15) is 14.0 Å². The minimum Gasteiger partial charge on any atom is -0.434 e. The van der Waals surface area contributed by atoms with Gasteiger partial charge in [-0.25, -0.2) is 4.39 Å². The average molecular weight is 329 g/mol. The van der Waals surface area contributed by atoms with Gasteiger partial charge in [0, 0.05) is 18.4 Å². The summed E-state index contributed by atoms with van der Waals surface area (Å²) in [6.45, 7) is -1.26. The molecule has 2 atom stereocenters. The normalized spacial score (nSPS) is 13.2. The van der Waals surface area contributed by atoms with Gasteiger partial charge < -0.3 is 9.47 Å². The van der Waals surface area contributed by atoms with E-state index in [9.17, 15) is 23.2 Å². The summed E-state index contributed by atoms with van der Waals surface area (Å²) in [5, 5.41) is 9.20. The largest absolute Gasteiger partial charge is 0.434 e. The van der Waals surface area contributed by atoms with Gasteiger partial charge in [-0.1, -0.05) is 25.1 Å². The van der Waals surface area contributed by atoms with E-state index in [1.807, 2.05) is 6.07 Å². The van der Waals surface area contributed by atoms with Crippen LogP contribution in [-0.2, 0) is 9.53 Å². The van der Waals surface area contributed by atoms with E-state index in [2.05, 4.69) is 9.47 Å². The van der Waals surface area contributed by atoms with Gasteiger partial charge in [-0.05, 0) is 18.9 Å². The van der Waals surface area contributed by atoms with Crippen LogP contribution in [0.5, 0.6) is 5.75 Å². The van der Waals surface area contributed by atoms with Crippen LogP contribution >= 0.6 is 0 Å². The molecule has 0 fully saturated rings. The van der Waals surface area contributed by atoms with Crippen LogP contribution in [0.2, 0.25) is 0 Å². The number of benzene rings is 1. The Hall–Kier alpha value is -2.23. The molecule has 0 bridgehead atoms. The van der Waals surface area contributed by atoms with E-state index in [0.717, 1.165) is 0 Å². The highest BCUT2D eigenvalue weighted by molar-refractivity contribution is 5.69. The van der Waals surface area contributed by atoms with Gasteiger partial charge in [-0.3, -0.25) is 4.79 Å². The quantitative estimate of drug-likeness (QED) is 0.633. The highest BCUT2D eigenvalue weighted by atomic mass is 19.3. The molecular weight excluding hydrogens is 311 g/mol. The zero-order chi connectivity index (χ0) is 17.2. The minimum absolute atomic E-state index is 0.0256. The Morgan fingerprint density at radius 3 is 2.57 bits per heavy atom. The van der Waals surface area contributed by atoms with Crippen LogP contribution in [0.25, 0.3) is 0 Å². The fraction of sp³-hybridized carbons (Fsp3) is 0.500. The van der Waals surface area contributed by atoms with Crippen molar-refractivity contribution in [2.24, 2.45) is 0 Å². The number of carbonyl (C=O) groups excluding carboxylic acids is 1. The molecule has 0 aliphatic carbocycles. The second-order valence-corrected chi connectivity index (χ2v) is 4.83. The molecule has 1 aromatic rings. The Morgan fingerprint density at radius 2 is 1.96 bits per heavy atom. The Balaban J connectivity index is 2.68. The maximum Gasteiger partial charge on any atom is 0.387 e. The van der Waals surface area contributed by atoms with Gasteiger partial charge in [0.25, 0.3) is 0 Å². The van der Waals surface area contributed by atoms with Crippen LogP contribution in [-0.4, -0.2) is 18.9 Å². The molecular formula is C16H18F3NO3. The van der Waals surface area contributed by atoms with Gasteiger partial charge in [0.05, 0.1) is 12.0 Å². The summed E-state index contributed by atoms with van der Waals surface area (Å²) < 4.78 is 46.9. The standard InChI is InChI=1S/C16H18F3NO3/c1-2-5-14(17)23-15(21)9-8-11(10-20)12-6-3-4-7-13(12)22-16(18)19/h3-4,6-7,11,14,16H,2,5,8-9H2,1H3. The third kappa shape index (κ3) is 6.59. The number of carbonyl (C=O) groups is 1. The zero-order valence-electron chi connectivity index (χ0n) is 12.7. The van der Waals surface area contributed by atoms with Crippen molar-refractivity contribution in [3.63, 3.8) is 0 Å². The molecule has 0 heterocycles. The predicted molar refractivity (Wildman–Crippen MR) is 76.6 cm³/mol. The molecule has 1 aromatic carbocycles. The number of rotatable bonds is 9. The second kappa shape index (κ2) is 9.72. The van der Waals surface area contributed by atoms with E-state index < -0.39 is 24.9 Å². The van der Waals surface area contributed by atoms with E-state index in [4.69, 9.17) is 0 Å². The summed E-state index contributed by atoms with van der Waals surface area (Å²) in [7, 11) is 0. The number of ether oxygens (including phenoxy) is 2. The van der Waals surface area contributed by atoms with Crippen LogP contribution in [0.4, 0.5) is 13.2 Å². The molecule has 0 aliphatic rings. The average Bonchev–Trinajstić information content (AvgIpc) is 2.49. The highest BCUT2D eigenvalue weighted by Crippen LogP contribution is 2.30. The lowest BCUT2D eigenvalue weighted by Gasteiger charge is -2.15. The molecule has 23 heavy (non-hydrogen) atoms.